The molecule has 0 aromatic carbocycles. The van der Waals surface area contributed by atoms with Crippen LogP contribution >= 0.6 is 11.8 Å². The summed E-state index contributed by atoms with van der Waals surface area (Å²) in [5, 5.41) is 7.19. The van der Waals surface area contributed by atoms with Gasteiger partial charge in [0.05, 0.1) is 0 Å². The Balaban J connectivity index is 0.000000122. The van der Waals surface area contributed by atoms with Crippen molar-refractivity contribution >= 4 is 17.9 Å². The zero-order valence-corrected chi connectivity index (χ0v) is 5.28. The van der Waals surface area contributed by atoms with Crippen LogP contribution in [0, 0.1) is 0 Å². The van der Waals surface area contributed by atoms with Gasteiger partial charge in [0.1, 0.15) is 0 Å². The minimum Gasteiger partial charge on any atom is -0.465 e. The fraction of sp³-hybridized carbons (Fsp3) is 0.750. The molecule has 0 aliphatic carbocycles. The van der Waals surface area contributed by atoms with Gasteiger partial charge in [-0.25, -0.2) is 4.79 Å². The fourth-order valence-corrected chi connectivity index (χ4v) is 0.433. The Hall–Kier alpha value is -0.380. The number of carboxylic acid groups (broad SMARTS) is 1. The minimum atomic E-state index is -1.33. The Morgan fingerprint density at radius 2 is 1.75 bits per heavy atom. The first-order chi connectivity index (χ1) is 3.73. The average Bonchev–Trinajstić information content (AvgIpc) is 1.19. The van der Waals surface area contributed by atoms with Crippen molar-refractivity contribution in [3.8, 4) is 0 Å². The van der Waals surface area contributed by atoms with Crippen molar-refractivity contribution in [2.45, 2.75) is 6.42 Å². The van der Waals surface area contributed by atoms with Crippen LogP contribution in [0.5, 0.6) is 0 Å². The molecule has 0 unspecified atom stereocenters. The molecule has 1 amide bonds. The lowest BCUT2D eigenvalue weighted by Gasteiger charge is -2.05. The van der Waals surface area contributed by atoms with Gasteiger partial charge in [0.25, 0.3) is 0 Å². The molecule has 1 heterocycles. The third-order valence-corrected chi connectivity index (χ3v) is 1.73. The highest BCUT2D eigenvalue weighted by Crippen LogP contribution is 2.14. The van der Waals surface area contributed by atoms with Gasteiger partial charge in [-0.1, -0.05) is 0 Å². The standard InChI is InChI=1S/C3H6S.CH3NO2/c1-2-4-3-1;2-1(3)4/h1-3H2;2H2,(H,3,4). The molecule has 0 aromatic rings. The van der Waals surface area contributed by atoms with E-state index in [0.717, 1.165) is 0 Å². The van der Waals surface area contributed by atoms with Crippen molar-refractivity contribution in [3.63, 3.8) is 0 Å². The quantitative estimate of drug-likeness (QED) is 0.515. The van der Waals surface area contributed by atoms with E-state index in [-0.39, 0.29) is 0 Å². The zero-order valence-electron chi connectivity index (χ0n) is 4.46. The molecule has 1 fully saturated rings. The molecule has 4 heteroatoms. The average molecular weight is 135 g/mol. The van der Waals surface area contributed by atoms with Crippen LogP contribution in [0.3, 0.4) is 0 Å². The van der Waals surface area contributed by atoms with Gasteiger partial charge in [0, 0.05) is 0 Å². The highest BCUT2D eigenvalue weighted by Gasteiger charge is 1.95. The van der Waals surface area contributed by atoms with E-state index in [1.54, 1.807) is 0 Å². The molecule has 0 atom stereocenters. The molecule has 0 radical (unpaired) electrons. The van der Waals surface area contributed by atoms with Crippen molar-refractivity contribution in [1.29, 1.82) is 0 Å². The second-order valence-electron chi connectivity index (χ2n) is 1.30. The topological polar surface area (TPSA) is 63.3 Å². The molecule has 3 N–H and O–H groups in total. The zero-order chi connectivity index (χ0) is 6.41. The number of thioether (sulfide) groups is 1. The third kappa shape index (κ3) is 9.15. The van der Waals surface area contributed by atoms with Gasteiger partial charge in [-0.3, -0.25) is 0 Å². The van der Waals surface area contributed by atoms with Gasteiger partial charge in [0.2, 0.25) is 0 Å². The molecule has 1 aliphatic rings. The van der Waals surface area contributed by atoms with E-state index in [1.165, 1.54) is 17.9 Å². The lowest BCUT2D eigenvalue weighted by atomic mass is 10.6. The predicted octanol–water partition coefficient (Wildman–Crippen LogP) is 0.746. The summed E-state index contributed by atoms with van der Waals surface area (Å²) in [6.07, 6.45) is 0.130. The van der Waals surface area contributed by atoms with E-state index in [9.17, 15) is 0 Å². The summed E-state index contributed by atoms with van der Waals surface area (Å²) < 4.78 is 0. The maximum absolute atomic E-state index is 8.78. The van der Waals surface area contributed by atoms with Gasteiger partial charge in [-0.15, -0.1) is 0 Å². The first-order valence-corrected chi connectivity index (χ1v) is 3.45. The number of rotatable bonds is 0. The molecule has 1 rings (SSSR count). The first kappa shape index (κ1) is 7.62. The van der Waals surface area contributed by atoms with Crippen LogP contribution in [-0.4, -0.2) is 22.7 Å². The van der Waals surface area contributed by atoms with Crippen molar-refractivity contribution in [2.24, 2.45) is 5.73 Å². The number of carbonyl (C=O) groups is 1. The Labute approximate surface area is 52.3 Å². The number of hydrogen-bond donors (Lipinski definition) is 2. The summed E-state index contributed by atoms with van der Waals surface area (Å²) in [5.41, 5.74) is 4.03. The third-order valence-electron chi connectivity index (χ3n) is 0.577. The van der Waals surface area contributed by atoms with Crippen LogP contribution in [0.15, 0.2) is 0 Å². The van der Waals surface area contributed by atoms with Gasteiger partial charge < -0.3 is 10.8 Å². The second kappa shape index (κ2) is 4.77. The van der Waals surface area contributed by atoms with Gasteiger partial charge in [-0.2, -0.15) is 11.8 Å². The van der Waals surface area contributed by atoms with E-state index < -0.39 is 6.09 Å². The number of primary amides is 1. The summed E-state index contributed by atoms with van der Waals surface area (Å²) in [6, 6.07) is 0. The van der Waals surface area contributed by atoms with Crippen molar-refractivity contribution < 1.29 is 9.90 Å². The molecular formula is C4H9NO2S. The van der Waals surface area contributed by atoms with Crippen LogP contribution in [0.2, 0.25) is 0 Å². The van der Waals surface area contributed by atoms with E-state index in [4.69, 9.17) is 9.90 Å². The monoisotopic (exact) mass is 135 g/mol. The predicted molar refractivity (Wildman–Crippen MR) is 34.2 cm³/mol. The van der Waals surface area contributed by atoms with Crippen LogP contribution < -0.4 is 5.73 Å². The lowest BCUT2D eigenvalue weighted by molar-refractivity contribution is 0.205. The molecule has 0 aromatic heterocycles. The molecule has 1 aliphatic heterocycles. The Morgan fingerprint density at radius 1 is 1.62 bits per heavy atom. The minimum absolute atomic E-state index is 1.33. The highest BCUT2D eigenvalue weighted by atomic mass is 32.2. The van der Waals surface area contributed by atoms with Crippen molar-refractivity contribution in [1.82, 2.24) is 0 Å². The van der Waals surface area contributed by atoms with E-state index in [1.807, 2.05) is 11.8 Å². The first-order valence-electron chi connectivity index (χ1n) is 2.29. The largest absolute Gasteiger partial charge is 0.465 e. The number of nitrogens with two attached hydrogens (primary N) is 1. The summed E-state index contributed by atoms with van der Waals surface area (Å²) in [7, 11) is 0. The Kier molecular flexibility index (Phi) is 4.54. The maximum Gasteiger partial charge on any atom is 0.402 e. The van der Waals surface area contributed by atoms with Gasteiger partial charge in [-0.05, 0) is 17.9 Å². The molecular weight excluding hydrogens is 126 g/mol. The van der Waals surface area contributed by atoms with Gasteiger partial charge in [0.15, 0.2) is 0 Å². The Bertz CT molecular complexity index is 64.4. The second-order valence-corrected chi connectivity index (χ2v) is 2.53. The van der Waals surface area contributed by atoms with Crippen LogP contribution in [0.1, 0.15) is 6.42 Å². The lowest BCUT2D eigenvalue weighted by Crippen LogP contribution is -2.03. The molecule has 0 bridgehead atoms. The summed E-state index contributed by atoms with van der Waals surface area (Å²) >= 11 is 2.04. The SMILES string of the molecule is C1CSC1.NC(=O)O. The highest BCUT2D eigenvalue weighted by molar-refractivity contribution is 8.00. The maximum atomic E-state index is 8.78. The summed E-state index contributed by atoms with van der Waals surface area (Å²) in [6.45, 7) is 0. The fourth-order valence-electron chi connectivity index (χ4n) is 0.144. The smallest absolute Gasteiger partial charge is 0.402 e. The van der Waals surface area contributed by atoms with E-state index in [2.05, 4.69) is 5.73 Å². The summed E-state index contributed by atoms with van der Waals surface area (Å²) in [4.78, 5) is 8.78. The molecule has 48 valence electrons. The molecule has 3 nitrogen and oxygen atoms in total. The molecule has 8 heavy (non-hydrogen) atoms. The molecule has 0 spiro atoms. The van der Waals surface area contributed by atoms with Crippen LogP contribution in [0.25, 0.3) is 0 Å². The molecule has 1 saturated heterocycles. The van der Waals surface area contributed by atoms with E-state index >= 15 is 0 Å². The van der Waals surface area contributed by atoms with Crippen LogP contribution in [0.4, 0.5) is 4.79 Å². The normalized spacial score (nSPS) is 15.0. The number of hydrogen-bond acceptors (Lipinski definition) is 2. The Morgan fingerprint density at radius 3 is 1.75 bits per heavy atom. The van der Waals surface area contributed by atoms with Crippen molar-refractivity contribution in [3.05, 3.63) is 0 Å². The van der Waals surface area contributed by atoms with E-state index in [0.29, 0.717) is 0 Å². The van der Waals surface area contributed by atoms with Crippen molar-refractivity contribution in [2.75, 3.05) is 11.5 Å². The van der Waals surface area contributed by atoms with Crippen LogP contribution in [-0.2, 0) is 0 Å². The molecule has 0 saturated carbocycles. The van der Waals surface area contributed by atoms with Gasteiger partial charge >= 0.3 is 6.09 Å². The summed E-state index contributed by atoms with van der Waals surface area (Å²) in [5.74, 6) is 2.83. The number of amides is 1.